The Hall–Kier alpha value is -1.90. The Morgan fingerprint density at radius 2 is 1.85 bits per heavy atom. The van der Waals surface area contributed by atoms with E-state index in [2.05, 4.69) is 5.92 Å². The minimum atomic E-state index is -0.236. The molecule has 2 atom stereocenters. The van der Waals surface area contributed by atoms with Crippen LogP contribution in [0, 0.1) is 12.3 Å². The molecular formula is C15H18O5. The molecule has 0 N–H and O–H groups in total. The Kier molecular flexibility index (Phi) is 4.72. The van der Waals surface area contributed by atoms with Crippen LogP contribution in [-0.2, 0) is 9.47 Å². The number of benzene rings is 1. The minimum Gasteiger partial charge on any atom is -0.493 e. The first-order valence-corrected chi connectivity index (χ1v) is 6.21. The minimum absolute atomic E-state index is 0.0196. The van der Waals surface area contributed by atoms with Crippen LogP contribution in [0.5, 0.6) is 17.2 Å². The summed E-state index contributed by atoms with van der Waals surface area (Å²) in [6, 6.07) is 3.70. The number of hydrogen-bond acceptors (Lipinski definition) is 5. The lowest BCUT2D eigenvalue weighted by atomic mass is 10.1. The predicted octanol–water partition coefficient (Wildman–Crippen LogP) is 1.80. The van der Waals surface area contributed by atoms with Crippen molar-refractivity contribution in [3.05, 3.63) is 17.7 Å². The van der Waals surface area contributed by atoms with Crippen molar-refractivity contribution in [3.63, 3.8) is 0 Å². The Labute approximate surface area is 118 Å². The van der Waals surface area contributed by atoms with Gasteiger partial charge in [0.2, 0.25) is 5.75 Å². The van der Waals surface area contributed by atoms with Gasteiger partial charge in [0.1, 0.15) is 18.8 Å². The van der Waals surface area contributed by atoms with E-state index in [-0.39, 0.29) is 18.8 Å². The van der Waals surface area contributed by atoms with Gasteiger partial charge in [-0.2, -0.15) is 0 Å². The molecule has 1 saturated heterocycles. The lowest BCUT2D eigenvalue weighted by molar-refractivity contribution is 0.0538. The van der Waals surface area contributed by atoms with Crippen LogP contribution in [0.1, 0.15) is 11.7 Å². The number of hydrogen-bond donors (Lipinski definition) is 0. The molecule has 2 unspecified atom stereocenters. The zero-order valence-corrected chi connectivity index (χ0v) is 11.8. The molecule has 0 saturated carbocycles. The van der Waals surface area contributed by atoms with Crippen LogP contribution in [0.15, 0.2) is 12.1 Å². The third kappa shape index (κ3) is 2.98. The van der Waals surface area contributed by atoms with Crippen LogP contribution in [0.4, 0.5) is 0 Å². The molecule has 1 heterocycles. The average Bonchev–Trinajstić information content (AvgIpc) is 3.31. The molecule has 5 nitrogen and oxygen atoms in total. The number of ether oxygens (including phenoxy) is 5. The first kappa shape index (κ1) is 14.5. The molecule has 0 radical (unpaired) electrons. The molecule has 0 bridgehead atoms. The van der Waals surface area contributed by atoms with Crippen LogP contribution in [-0.4, -0.2) is 40.6 Å². The van der Waals surface area contributed by atoms with Gasteiger partial charge in [0, 0.05) is 0 Å². The molecule has 1 aromatic carbocycles. The van der Waals surface area contributed by atoms with Crippen LogP contribution < -0.4 is 14.2 Å². The molecule has 0 amide bonds. The van der Waals surface area contributed by atoms with Crippen LogP contribution in [0.2, 0.25) is 0 Å². The van der Waals surface area contributed by atoms with Crippen molar-refractivity contribution in [3.8, 4) is 29.6 Å². The lowest BCUT2D eigenvalue weighted by Crippen LogP contribution is -2.12. The maximum absolute atomic E-state index is 5.66. The molecule has 20 heavy (non-hydrogen) atoms. The molecule has 1 fully saturated rings. The van der Waals surface area contributed by atoms with E-state index in [4.69, 9.17) is 30.1 Å². The van der Waals surface area contributed by atoms with E-state index in [0.29, 0.717) is 23.9 Å². The summed E-state index contributed by atoms with van der Waals surface area (Å²) in [5.74, 6) is 4.17. The van der Waals surface area contributed by atoms with Crippen LogP contribution in [0.25, 0.3) is 0 Å². The summed E-state index contributed by atoms with van der Waals surface area (Å²) < 4.78 is 26.9. The normalized spacial score (nSPS) is 18.0. The van der Waals surface area contributed by atoms with Gasteiger partial charge in [-0.05, 0) is 17.7 Å². The van der Waals surface area contributed by atoms with Crippen molar-refractivity contribution in [2.45, 2.75) is 12.2 Å². The summed E-state index contributed by atoms with van der Waals surface area (Å²) in [6.07, 6.45) is 5.03. The van der Waals surface area contributed by atoms with Gasteiger partial charge in [-0.15, -0.1) is 6.42 Å². The number of rotatable bonds is 7. The van der Waals surface area contributed by atoms with E-state index in [0.717, 1.165) is 5.56 Å². The maximum Gasteiger partial charge on any atom is 0.203 e. The molecular weight excluding hydrogens is 260 g/mol. The second-order valence-corrected chi connectivity index (χ2v) is 4.27. The fourth-order valence-corrected chi connectivity index (χ4v) is 2.05. The SMILES string of the molecule is C#CCOC(c1cc(OC)c(OC)c(OC)c1)C1CO1. The average molecular weight is 278 g/mol. The van der Waals surface area contributed by atoms with Crippen molar-refractivity contribution in [1.82, 2.24) is 0 Å². The first-order valence-electron chi connectivity index (χ1n) is 6.21. The lowest BCUT2D eigenvalue weighted by Gasteiger charge is -2.19. The molecule has 0 aliphatic carbocycles. The molecule has 2 rings (SSSR count). The van der Waals surface area contributed by atoms with E-state index in [1.807, 2.05) is 12.1 Å². The first-order chi connectivity index (χ1) is 9.74. The van der Waals surface area contributed by atoms with Gasteiger partial charge < -0.3 is 23.7 Å². The summed E-state index contributed by atoms with van der Waals surface area (Å²) in [5, 5.41) is 0. The van der Waals surface area contributed by atoms with E-state index in [1.54, 1.807) is 21.3 Å². The van der Waals surface area contributed by atoms with E-state index in [1.165, 1.54) is 0 Å². The van der Waals surface area contributed by atoms with Crippen LogP contribution >= 0.6 is 0 Å². The smallest absolute Gasteiger partial charge is 0.203 e. The zero-order valence-electron chi connectivity index (χ0n) is 11.8. The van der Waals surface area contributed by atoms with E-state index >= 15 is 0 Å². The topological polar surface area (TPSA) is 49.5 Å². The fourth-order valence-electron chi connectivity index (χ4n) is 2.05. The Balaban J connectivity index is 2.36. The second kappa shape index (κ2) is 6.51. The maximum atomic E-state index is 5.66. The van der Waals surface area contributed by atoms with Crippen molar-refractivity contribution < 1.29 is 23.7 Å². The largest absolute Gasteiger partial charge is 0.493 e. The third-order valence-corrected chi connectivity index (χ3v) is 3.06. The standard InChI is InChI=1S/C15H18O5/c1-5-6-19-14(13-9-20-13)10-7-11(16-2)15(18-4)12(8-10)17-3/h1,7-8,13-14H,6,9H2,2-4H3. The summed E-state index contributed by atoms with van der Waals surface area (Å²) in [6.45, 7) is 0.882. The Bertz CT molecular complexity index is 476. The molecule has 1 aliphatic rings. The Morgan fingerprint density at radius 3 is 2.25 bits per heavy atom. The van der Waals surface area contributed by atoms with Crippen molar-refractivity contribution in [1.29, 1.82) is 0 Å². The van der Waals surface area contributed by atoms with Gasteiger partial charge in [0.25, 0.3) is 0 Å². The second-order valence-electron chi connectivity index (χ2n) is 4.27. The summed E-state index contributed by atoms with van der Waals surface area (Å²) in [5.41, 5.74) is 0.886. The molecule has 108 valence electrons. The number of terminal acetylenes is 1. The molecule has 0 aromatic heterocycles. The van der Waals surface area contributed by atoms with Crippen molar-refractivity contribution in [2.75, 3.05) is 34.5 Å². The fraction of sp³-hybridized carbons (Fsp3) is 0.467. The Morgan fingerprint density at radius 1 is 1.25 bits per heavy atom. The molecule has 5 heteroatoms. The highest BCUT2D eigenvalue weighted by atomic mass is 16.6. The monoisotopic (exact) mass is 278 g/mol. The van der Waals surface area contributed by atoms with Gasteiger partial charge >= 0.3 is 0 Å². The zero-order chi connectivity index (χ0) is 14.5. The van der Waals surface area contributed by atoms with E-state index < -0.39 is 0 Å². The summed E-state index contributed by atoms with van der Waals surface area (Å²) in [7, 11) is 4.72. The quantitative estimate of drug-likeness (QED) is 0.562. The highest BCUT2D eigenvalue weighted by molar-refractivity contribution is 5.54. The third-order valence-electron chi connectivity index (χ3n) is 3.06. The number of epoxide rings is 1. The van der Waals surface area contributed by atoms with Crippen molar-refractivity contribution >= 4 is 0 Å². The predicted molar refractivity (Wildman–Crippen MR) is 73.4 cm³/mol. The molecule has 1 aliphatic heterocycles. The molecule has 1 aromatic rings. The van der Waals surface area contributed by atoms with Gasteiger partial charge in [-0.25, -0.2) is 0 Å². The highest BCUT2D eigenvalue weighted by Crippen LogP contribution is 2.42. The molecule has 0 spiro atoms. The van der Waals surface area contributed by atoms with Gasteiger partial charge in [-0.1, -0.05) is 5.92 Å². The van der Waals surface area contributed by atoms with E-state index in [9.17, 15) is 0 Å². The van der Waals surface area contributed by atoms with Gasteiger partial charge in [0.15, 0.2) is 11.5 Å². The van der Waals surface area contributed by atoms with Crippen molar-refractivity contribution in [2.24, 2.45) is 0 Å². The van der Waals surface area contributed by atoms with Gasteiger partial charge in [-0.3, -0.25) is 0 Å². The highest BCUT2D eigenvalue weighted by Gasteiger charge is 2.35. The van der Waals surface area contributed by atoms with Gasteiger partial charge in [0.05, 0.1) is 27.9 Å². The summed E-state index contributed by atoms with van der Waals surface area (Å²) >= 11 is 0. The van der Waals surface area contributed by atoms with Crippen LogP contribution in [0.3, 0.4) is 0 Å². The number of methoxy groups -OCH3 is 3. The summed E-state index contributed by atoms with van der Waals surface area (Å²) in [4.78, 5) is 0.